The minimum absolute atomic E-state index is 0.146. The highest BCUT2D eigenvalue weighted by atomic mass is 19.1. The van der Waals surface area contributed by atoms with Gasteiger partial charge in [-0.1, -0.05) is 36.4 Å². The van der Waals surface area contributed by atoms with E-state index in [0.29, 0.717) is 34.6 Å². The zero-order valence-electron chi connectivity index (χ0n) is 24.1. The quantitative estimate of drug-likeness (QED) is 0.181. The molecule has 45 heavy (non-hydrogen) atoms. The molecule has 0 aliphatic heterocycles. The van der Waals surface area contributed by atoms with Crippen molar-refractivity contribution in [3.05, 3.63) is 143 Å². The van der Waals surface area contributed by atoms with E-state index in [-0.39, 0.29) is 18.0 Å². The highest BCUT2D eigenvalue weighted by Gasteiger charge is 2.18. The van der Waals surface area contributed by atoms with E-state index in [1.807, 2.05) is 53.2 Å². The summed E-state index contributed by atoms with van der Waals surface area (Å²) in [6.45, 7) is 0.620. The van der Waals surface area contributed by atoms with Gasteiger partial charge in [0.25, 0.3) is 5.91 Å². The van der Waals surface area contributed by atoms with Crippen LogP contribution in [-0.2, 0) is 13.1 Å². The average Bonchev–Trinajstić information content (AvgIpc) is 3.45. The second kappa shape index (κ2) is 12.4. The molecular weight excluding hydrogens is 576 g/mol. The van der Waals surface area contributed by atoms with Crippen molar-refractivity contribution in [2.24, 2.45) is 0 Å². The van der Waals surface area contributed by atoms with Crippen LogP contribution in [0.4, 0.5) is 8.78 Å². The molecule has 4 aromatic carbocycles. The fraction of sp³-hybridized carbons (Fsp3) is 0.0833. The summed E-state index contributed by atoms with van der Waals surface area (Å²) in [5, 5.41) is 12.8. The predicted octanol–water partition coefficient (Wildman–Crippen LogP) is 7.33. The number of amides is 1. The predicted molar refractivity (Wildman–Crippen MR) is 167 cm³/mol. The van der Waals surface area contributed by atoms with Crippen LogP contribution < -0.4 is 10.1 Å². The van der Waals surface area contributed by atoms with E-state index < -0.39 is 17.6 Å². The van der Waals surface area contributed by atoms with Crippen LogP contribution in [0.5, 0.6) is 5.88 Å². The van der Waals surface area contributed by atoms with E-state index >= 15 is 0 Å². The van der Waals surface area contributed by atoms with E-state index in [2.05, 4.69) is 10.3 Å². The summed E-state index contributed by atoms with van der Waals surface area (Å²) in [7, 11) is 1.57. The van der Waals surface area contributed by atoms with Gasteiger partial charge in [-0.3, -0.25) is 4.79 Å². The average molecular weight is 604 g/mol. The first-order chi connectivity index (χ1) is 21.8. The van der Waals surface area contributed by atoms with Crippen molar-refractivity contribution in [1.82, 2.24) is 14.9 Å². The number of benzene rings is 4. The van der Waals surface area contributed by atoms with Gasteiger partial charge in [0.05, 0.1) is 23.8 Å². The van der Waals surface area contributed by atoms with Crippen LogP contribution in [0.3, 0.4) is 0 Å². The van der Waals surface area contributed by atoms with E-state index in [9.17, 15) is 18.4 Å². The maximum atomic E-state index is 14.1. The molecule has 224 valence electrons. The van der Waals surface area contributed by atoms with Crippen LogP contribution in [0.1, 0.15) is 31.8 Å². The molecule has 1 amide bonds. The lowest BCUT2D eigenvalue weighted by atomic mass is 9.99. The molecule has 7 nitrogen and oxygen atoms in total. The van der Waals surface area contributed by atoms with E-state index in [4.69, 9.17) is 9.84 Å². The Bertz CT molecular complexity index is 2020. The minimum atomic E-state index is -1.04. The zero-order valence-corrected chi connectivity index (χ0v) is 24.1. The van der Waals surface area contributed by atoms with Gasteiger partial charge in [-0.15, -0.1) is 0 Å². The van der Waals surface area contributed by atoms with Crippen molar-refractivity contribution in [2.45, 2.75) is 13.1 Å². The molecule has 6 aromatic rings. The molecule has 0 aliphatic rings. The number of carbonyl (C=O) groups is 2. The summed E-state index contributed by atoms with van der Waals surface area (Å²) in [4.78, 5) is 29.1. The number of fused-ring (bicyclic) bond motifs is 1. The molecule has 0 unspecified atom stereocenters. The molecule has 0 saturated carbocycles. The van der Waals surface area contributed by atoms with Gasteiger partial charge in [-0.05, 0) is 81.9 Å². The summed E-state index contributed by atoms with van der Waals surface area (Å²) < 4.78 is 35.5. The van der Waals surface area contributed by atoms with E-state index in [0.717, 1.165) is 33.7 Å². The third-order valence-corrected chi connectivity index (χ3v) is 7.54. The Balaban J connectivity index is 1.34. The van der Waals surface area contributed by atoms with Crippen molar-refractivity contribution in [2.75, 3.05) is 7.11 Å². The highest BCUT2D eigenvalue weighted by molar-refractivity contribution is 6.08. The summed E-state index contributed by atoms with van der Waals surface area (Å²) in [5.41, 5.74) is 5.63. The van der Waals surface area contributed by atoms with Gasteiger partial charge < -0.3 is 19.7 Å². The molecule has 0 radical (unpaired) electrons. The first kappa shape index (κ1) is 29.3. The standard InChI is InChI=1S/C36H27F2N3O4/c1-45-33-18-26(10-12-39-33)24-6-4-23(5-7-24)21-41-13-11-27-14-28(29-15-30(37)19-31(38)16-29)17-32(34(27)41)35(42)40-20-22-2-8-25(9-3-22)36(43)44/h2-19H,20-21H2,1H3,(H,40,42)(H,43,44). The number of nitrogens with one attached hydrogen (secondary N) is 1. The van der Waals surface area contributed by atoms with Gasteiger partial charge in [-0.25, -0.2) is 18.6 Å². The molecule has 9 heteroatoms. The van der Waals surface area contributed by atoms with Crippen LogP contribution in [0.25, 0.3) is 33.2 Å². The van der Waals surface area contributed by atoms with Gasteiger partial charge in [-0.2, -0.15) is 0 Å². The number of pyridine rings is 1. The van der Waals surface area contributed by atoms with Crippen LogP contribution >= 0.6 is 0 Å². The topological polar surface area (TPSA) is 93.5 Å². The van der Waals surface area contributed by atoms with Crippen molar-refractivity contribution in [3.8, 4) is 28.1 Å². The highest BCUT2D eigenvalue weighted by Crippen LogP contribution is 2.31. The Hall–Kier alpha value is -5.83. The number of rotatable bonds is 9. The van der Waals surface area contributed by atoms with Gasteiger partial charge in [0.15, 0.2) is 0 Å². The fourth-order valence-corrected chi connectivity index (χ4v) is 5.28. The van der Waals surface area contributed by atoms with Gasteiger partial charge in [0, 0.05) is 43.0 Å². The molecule has 0 bridgehead atoms. The molecule has 2 aromatic heterocycles. The van der Waals surface area contributed by atoms with Gasteiger partial charge in [0.2, 0.25) is 5.88 Å². The molecule has 0 aliphatic carbocycles. The third kappa shape index (κ3) is 6.42. The van der Waals surface area contributed by atoms with E-state index in [1.165, 1.54) is 24.3 Å². The lowest BCUT2D eigenvalue weighted by molar-refractivity contribution is 0.0696. The number of ether oxygens (including phenoxy) is 1. The number of hydrogen-bond donors (Lipinski definition) is 2. The molecule has 2 N–H and O–H groups in total. The number of aromatic nitrogens is 2. The number of methoxy groups -OCH3 is 1. The van der Waals surface area contributed by atoms with Crippen molar-refractivity contribution < 1.29 is 28.2 Å². The van der Waals surface area contributed by atoms with Gasteiger partial charge in [0.1, 0.15) is 11.6 Å². The van der Waals surface area contributed by atoms with Crippen molar-refractivity contribution in [3.63, 3.8) is 0 Å². The summed E-state index contributed by atoms with van der Waals surface area (Å²) >= 11 is 0. The zero-order chi connectivity index (χ0) is 31.5. The second-order valence-electron chi connectivity index (χ2n) is 10.5. The number of carbonyl (C=O) groups excluding carboxylic acids is 1. The Morgan fingerprint density at radius 1 is 0.800 bits per heavy atom. The summed E-state index contributed by atoms with van der Waals surface area (Å²) in [6.07, 6.45) is 3.57. The largest absolute Gasteiger partial charge is 0.481 e. The van der Waals surface area contributed by atoms with Crippen molar-refractivity contribution in [1.29, 1.82) is 0 Å². The molecule has 2 heterocycles. The Morgan fingerprint density at radius 3 is 2.18 bits per heavy atom. The SMILES string of the molecule is COc1cc(-c2ccc(Cn3ccc4cc(-c5cc(F)cc(F)c5)cc(C(=O)NCc5ccc(C(=O)O)cc5)c43)cc2)ccn1. The number of carboxylic acids is 1. The number of aromatic carboxylic acids is 1. The van der Waals surface area contributed by atoms with E-state index in [1.54, 1.807) is 37.6 Å². The van der Waals surface area contributed by atoms with Crippen LogP contribution in [-0.4, -0.2) is 33.6 Å². The number of carboxylic acid groups (broad SMARTS) is 1. The van der Waals surface area contributed by atoms with Crippen LogP contribution in [0, 0.1) is 11.6 Å². The number of hydrogen-bond acceptors (Lipinski definition) is 4. The Morgan fingerprint density at radius 2 is 1.49 bits per heavy atom. The monoisotopic (exact) mass is 603 g/mol. The normalized spacial score (nSPS) is 11.0. The fourth-order valence-electron chi connectivity index (χ4n) is 5.28. The van der Waals surface area contributed by atoms with Crippen LogP contribution in [0.15, 0.2) is 109 Å². The third-order valence-electron chi connectivity index (χ3n) is 7.54. The summed E-state index contributed by atoms with van der Waals surface area (Å²) in [5.74, 6) is -2.33. The molecule has 0 saturated heterocycles. The molecule has 0 atom stereocenters. The minimum Gasteiger partial charge on any atom is -0.481 e. The Kier molecular flexibility index (Phi) is 8.07. The molecule has 0 fully saturated rings. The van der Waals surface area contributed by atoms with Gasteiger partial charge >= 0.3 is 5.97 Å². The first-order valence-electron chi connectivity index (χ1n) is 14.1. The molecular formula is C36H27F2N3O4. The van der Waals surface area contributed by atoms with Crippen LogP contribution in [0.2, 0.25) is 0 Å². The van der Waals surface area contributed by atoms with Crippen molar-refractivity contribution >= 4 is 22.8 Å². The Labute approximate surface area is 257 Å². The maximum Gasteiger partial charge on any atom is 0.335 e. The smallest absolute Gasteiger partial charge is 0.335 e. The lowest BCUT2D eigenvalue weighted by Crippen LogP contribution is -2.23. The summed E-state index contributed by atoms with van der Waals surface area (Å²) in [6, 6.07) is 26.6. The molecule has 0 spiro atoms. The first-order valence-corrected chi connectivity index (χ1v) is 14.1. The molecule has 6 rings (SSSR count). The lowest BCUT2D eigenvalue weighted by Gasteiger charge is -2.14. The number of nitrogens with zero attached hydrogens (tertiary/aromatic N) is 2. The maximum absolute atomic E-state index is 14.1. The number of halogens is 2. The second-order valence-corrected chi connectivity index (χ2v) is 10.5.